The van der Waals surface area contributed by atoms with E-state index in [2.05, 4.69) is 16.0 Å². The van der Waals surface area contributed by atoms with Gasteiger partial charge in [-0.15, -0.1) is 0 Å². The van der Waals surface area contributed by atoms with Crippen LogP contribution < -0.4 is 5.73 Å². The lowest BCUT2D eigenvalue weighted by Crippen LogP contribution is -2.09. The lowest BCUT2D eigenvalue weighted by Gasteiger charge is -2.12. The molecule has 134 valence electrons. The van der Waals surface area contributed by atoms with E-state index in [0.29, 0.717) is 28.9 Å². The van der Waals surface area contributed by atoms with Crippen molar-refractivity contribution in [3.05, 3.63) is 89.9 Å². The molecule has 2 heterocycles. The fourth-order valence-electron chi connectivity index (χ4n) is 3.25. The molecule has 0 amide bonds. The molecule has 4 rings (SSSR count). The first-order valence-electron chi connectivity index (χ1n) is 8.81. The fraction of sp³-hybridized carbons (Fsp3) is 0.0435. The van der Waals surface area contributed by atoms with Gasteiger partial charge < -0.3 is 11.1 Å². The summed E-state index contributed by atoms with van der Waals surface area (Å²) in [6.45, 7) is 0. The topological polar surface area (TPSA) is 99.4 Å². The molecule has 0 bridgehead atoms. The summed E-state index contributed by atoms with van der Waals surface area (Å²) in [6.07, 6.45) is 5.58. The van der Waals surface area contributed by atoms with Crippen LogP contribution >= 0.6 is 0 Å². The molecule has 0 saturated heterocycles. The Bertz CT molecular complexity index is 1210. The van der Waals surface area contributed by atoms with Gasteiger partial charge in [-0.2, -0.15) is 5.26 Å². The number of nitrogen functional groups attached to an aromatic ring is 1. The van der Waals surface area contributed by atoms with Crippen LogP contribution in [-0.4, -0.2) is 15.7 Å². The zero-order chi connectivity index (χ0) is 19.5. The first kappa shape index (κ1) is 17.4. The van der Waals surface area contributed by atoms with Crippen LogP contribution in [0.3, 0.4) is 0 Å². The van der Waals surface area contributed by atoms with Crippen LogP contribution in [0.2, 0.25) is 0 Å². The molecule has 5 heteroatoms. The van der Waals surface area contributed by atoms with Crippen molar-refractivity contribution in [1.29, 1.82) is 10.7 Å². The van der Waals surface area contributed by atoms with Crippen molar-refractivity contribution in [3.63, 3.8) is 0 Å². The molecule has 0 saturated carbocycles. The van der Waals surface area contributed by atoms with Gasteiger partial charge in [0.25, 0.3) is 0 Å². The van der Waals surface area contributed by atoms with Gasteiger partial charge in [-0.05, 0) is 41.5 Å². The molecule has 0 radical (unpaired) electrons. The molecule has 0 aliphatic carbocycles. The van der Waals surface area contributed by atoms with Crippen molar-refractivity contribution >= 4 is 22.3 Å². The molecule has 0 unspecified atom stereocenters. The smallest absolute Gasteiger partial charge is 0.0991 e. The van der Waals surface area contributed by atoms with Crippen LogP contribution in [-0.2, 0) is 6.42 Å². The van der Waals surface area contributed by atoms with Gasteiger partial charge in [0, 0.05) is 41.0 Å². The second-order valence-corrected chi connectivity index (χ2v) is 6.53. The van der Waals surface area contributed by atoms with Gasteiger partial charge in [-0.3, -0.25) is 9.97 Å². The monoisotopic (exact) mass is 363 g/mol. The number of pyridine rings is 2. The van der Waals surface area contributed by atoms with Gasteiger partial charge in [-0.1, -0.05) is 24.3 Å². The predicted octanol–water partition coefficient (Wildman–Crippen LogP) is 4.36. The minimum atomic E-state index is 0.415. The number of nitriles is 1. The van der Waals surface area contributed by atoms with Crippen LogP contribution in [0, 0.1) is 16.7 Å². The number of nitrogens with two attached hydrogens (primary N) is 1. The van der Waals surface area contributed by atoms with Gasteiger partial charge in [-0.25, -0.2) is 0 Å². The molecule has 2 aromatic carbocycles. The Balaban J connectivity index is 1.77. The van der Waals surface area contributed by atoms with E-state index in [4.69, 9.17) is 16.4 Å². The number of benzene rings is 2. The minimum absolute atomic E-state index is 0.415. The highest BCUT2D eigenvalue weighted by molar-refractivity contribution is 6.13. The SMILES string of the molecule is N#Cc1ccc(CC(=N)c2c(N)cnc3ccc(-c4cccnc4)cc23)cc1. The summed E-state index contributed by atoms with van der Waals surface area (Å²) in [6, 6.07) is 19.2. The number of nitrogens with one attached hydrogen (secondary N) is 1. The number of hydrogen-bond donors (Lipinski definition) is 2. The van der Waals surface area contributed by atoms with Crippen LogP contribution in [0.5, 0.6) is 0 Å². The third-order valence-electron chi connectivity index (χ3n) is 4.66. The summed E-state index contributed by atoms with van der Waals surface area (Å²) in [4.78, 5) is 8.60. The number of fused-ring (bicyclic) bond motifs is 1. The summed E-state index contributed by atoms with van der Waals surface area (Å²) in [5, 5.41) is 18.5. The Hall–Kier alpha value is -4.04. The van der Waals surface area contributed by atoms with Crippen LogP contribution in [0.25, 0.3) is 22.0 Å². The normalized spacial score (nSPS) is 10.5. The number of hydrogen-bond acceptors (Lipinski definition) is 5. The third-order valence-corrected chi connectivity index (χ3v) is 4.66. The summed E-state index contributed by atoms with van der Waals surface area (Å²) in [5.41, 5.74) is 12.2. The fourth-order valence-corrected chi connectivity index (χ4v) is 3.25. The number of anilines is 1. The number of nitrogens with zero attached hydrogens (tertiary/aromatic N) is 3. The van der Waals surface area contributed by atoms with Gasteiger partial charge in [0.15, 0.2) is 0 Å². The van der Waals surface area contributed by atoms with E-state index in [-0.39, 0.29) is 0 Å². The highest BCUT2D eigenvalue weighted by Gasteiger charge is 2.14. The lowest BCUT2D eigenvalue weighted by molar-refractivity contribution is 1.27. The van der Waals surface area contributed by atoms with E-state index in [0.717, 1.165) is 27.6 Å². The Kier molecular flexibility index (Phi) is 4.53. The molecule has 0 spiro atoms. The van der Waals surface area contributed by atoms with Gasteiger partial charge in [0.2, 0.25) is 0 Å². The predicted molar refractivity (Wildman–Crippen MR) is 111 cm³/mol. The standard InChI is InChI=1S/C23H17N5/c24-12-16-5-3-15(4-6-16)10-20(25)23-19-11-17(18-2-1-9-27-13-18)7-8-22(19)28-14-21(23)26/h1-9,11,13-14,25H,10,26H2. The average Bonchev–Trinajstić information content (AvgIpc) is 2.74. The number of aromatic nitrogens is 2. The molecular weight excluding hydrogens is 346 g/mol. The van der Waals surface area contributed by atoms with E-state index in [1.165, 1.54) is 0 Å². The van der Waals surface area contributed by atoms with Crippen LogP contribution in [0.4, 0.5) is 5.69 Å². The average molecular weight is 363 g/mol. The Labute approximate surface area is 162 Å². The van der Waals surface area contributed by atoms with E-state index >= 15 is 0 Å². The molecule has 2 aromatic heterocycles. The maximum Gasteiger partial charge on any atom is 0.0991 e. The highest BCUT2D eigenvalue weighted by atomic mass is 14.7. The molecule has 4 aromatic rings. The zero-order valence-electron chi connectivity index (χ0n) is 15.1. The molecule has 0 atom stereocenters. The summed E-state index contributed by atoms with van der Waals surface area (Å²) in [5.74, 6) is 0. The Morgan fingerprint density at radius 2 is 1.86 bits per heavy atom. The van der Waals surface area contributed by atoms with E-state index in [1.54, 1.807) is 24.5 Å². The van der Waals surface area contributed by atoms with E-state index in [1.807, 2.05) is 48.7 Å². The van der Waals surface area contributed by atoms with Gasteiger partial charge >= 0.3 is 0 Å². The van der Waals surface area contributed by atoms with Crippen molar-refractivity contribution in [2.75, 3.05) is 5.73 Å². The molecule has 0 fully saturated rings. The maximum absolute atomic E-state index is 8.94. The second-order valence-electron chi connectivity index (χ2n) is 6.53. The summed E-state index contributed by atoms with van der Waals surface area (Å²) < 4.78 is 0. The molecule has 3 N–H and O–H groups in total. The van der Waals surface area contributed by atoms with Crippen LogP contribution in [0.15, 0.2) is 73.2 Å². The Morgan fingerprint density at radius 1 is 1.04 bits per heavy atom. The first-order chi connectivity index (χ1) is 13.7. The number of rotatable bonds is 4. The summed E-state index contributed by atoms with van der Waals surface area (Å²) >= 11 is 0. The van der Waals surface area contributed by atoms with Crippen molar-refractivity contribution in [2.24, 2.45) is 0 Å². The second kappa shape index (κ2) is 7.29. The minimum Gasteiger partial charge on any atom is -0.397 e. The van der Waals surface area contributed by atoms with Crippen molar-refractivity contribution in [2.45, 2.75) is 6.42 Å². The van der Waals surface area contributed by atoms with Crippen molar-refractivity contribution in [3.8, 4) is 17.2 Å². The van der Waals surface area contributed by atoms with Crippen molar-refractivity contribution in [1.82, 2.24) is 9.97 Å². The lowest BCUT2D eigenvalue weighted by atomic mass is 9.95. The quantitative estimate of drug-likeness (QED) is 0.526. The highest BCUT2D eigenvalue weighted by Crippen LogP contribution is 2.29. The first-order valence-corrected chi connectivity index (χ1v) is 8.81. The molecule has 0 aliphatic heterocycles. The summed E-state index contributed by atoms with van der Waals surface area (Å²) in [7, 11) is 0. The van der Waals surface area contributed by atoms with E-state index in [9.17, 15) is 0 Å². The van der Waals surface area contributed by atoms with Crippen molar-refractivity contribution < 1.29 is 0 Å². The van der Waals surface area contributed by atoms with Gasteiger partial charge in [0.1, 0.15) is 0 Å². The van der Waals surface area contributed by atoms with Gasteiger partial charge in [0.05, 0.1) is 29.0 Å². The van der Waals surface area contributed by atoms with Crippen LogP contribution in [0.1, 0.15) is 16.7 Å². The molecule has 28 heavy (non-hydrogen) atoms. The molecular formula is C23H17N5. The third kappa shape index (κ3) is 3.31. The maximum atomic E-state index is 8.94. The zero-order valence-corrected chi connectivity index (χ0v) is 15.1. The Morgan fingerprint density at radius 3 is 2.57 bits per heavy atom. The van der Waals surface area contributed by atoms with E-state index < -0.39 is 0 Å². The molecule has 0 aliphatic rings. The molecule has 5 nitrogen and oxygen atoms in total. The largest absolute Gasteiger partial charge is 0.397 e.